The van der Waals surface area contributed by atoms with Crippen molar-refractivity contribution >= 4 is 44.6 Å². The molecule has 0 nitrogen and oxygen atoms in total. The van der Waals surface area contributed by atoms with Crippen molar-refractivity contribution in [1.29, 1.82) is 0 Å². The minimum atomic E-state index is -1.35. The number of rotatable bonds is 9. The van der Waals surface area contributed by atoms with E-state index in [4.69, 9.17) is 0 Å². The summed E-state index contributed by atoms with van der Waals surface area (Å²) in [5.74, 6) is 0. The maximum absolute atomic E-state index is 2.39. The first-order valence-corrected chi connectivity index (χ1v) is 15.8. The third-order valence-corrected chi connectivity index (χ3v) is 14.5. The van der Waals surface area contributed by atoms with Crippen molar-refractivity contribution in [2.24, 2.45) is 0 Å². The molecule has 0 heterocycles. The predicted octanol–water partition coefficient (Wildman–Crippen LogP) is 5.03. The molecule has 1 atom stereocenters. The van der Waals surface area contributed by atoms with Crippen LogP contribution in [0, 0.1) is 0 Å². The minimum Gasteiger partial charge on any atom is -0.0669 e. The second-order valence-corrected chi connectivity index (χ2v) is 15.7. The fourth-order valence-electron chi connectivity index (χ4n) is 5.43. The number of hydrogen-bond acceptors (Lipinski definition) is 0. The van der Waals surface area contributed by atoms with Gasteiger partial charge in [-0.1, -0.05) is 155 Å². The molecule has 0 radical (unpaired) electrons. The van der Waals surface area contributed by atoms with Gasteiger partial charge in [0.2, 0.25) is 0 Å². The van der Waals surface area contributed by atoms with Crippen molar-refractivity contribution in [3.63, 3.8) is 0 Å². The van der Waals surface area contributed by atoms with Crippen LogP contribution in [0.3, 0.4) is 0 Å². The zero-order chi connectivity index (χ0) is 23.0. The van der Waals surface area contributed by atoms with E-state index >= 15 is 0 Å². The summed E-state index contributed by atoms with van der Waals surface area (Å²) in [6.07, 6.45) is 3.72. The minimum absolute atomic E-state index is 0.412. The molecule has 5 rings (SSSR count). The van der Waals surface area contributed by atoms with Crippen LogP contribution in [0.2, 0.25) is 5.16 Å². The zero-order valence-corrected chi connectivity index (χ0v) is 22.3. The van der Waals surface area contributed by atoms with Crippen LogP contribution in [-0.2, 0) is 6.42 Å². The summed E-state index contributed by atoms with van der Waals surface area (Å²) >= 11 is 0. The van der Waals surface area contributed by atoms with E-state index in [1.54, 1.807) is 15.6 Å². The normalized spacial score (nSPS) is 12.5. The van der Waals surface area contributed by atoms with Crippen LogP contribution in [-0.4, -0.2) is 18.3 Å². The maximum Gasteiger partial charge on any atom is 0.103 e. The van der Waals surface area contributed by atoms with Crippen LogP contribution in [0.15, 0.2) is 133 Å². The third-order valence-electron chi connectivity index (χ3n) is 7.03. The van der Waals surface area contributed by atoms with E-state index in [2.05, 4.69) is 133 Å². The molecule has 0 spiro atoms. The van der Waals surface area contributed by atoms with E-state index < -0.39 is 18.3 Å². The summed E-state index contributed by atoms with van der Waals surface area (Å²) in [5.41, 5.74) is 1.50. The summed E-state index contributed by atoms with van der Waals surface area (Å²) in [5, 5.41) is 8.36. The lowest BCUT2D eigenvalue weighted by atomic mass is 10.0. The molecular weight excluding hydrogens is 441 g/mol. The number of hydrogen-bond donors (Lipinski definition) is 0. The van der Waals surface area contributed by atoms with Crippen LogP contribution < -0.4 is 15.6 Å². The van der Waals surface area contributed by atoms with Crippen molar-refractivity contribution in [3.05, 3.63) is 139 Å². The van der Waals surface area contributed by atoms with Crippen molar-refractivity contribution in [2.45, 2.75) is 24.4 Å². The lowest BCUT2D eigenvalue weighted by Crippen LogP contribution is -2.49. The van der Waals surface area contributed by atoms with E-state index in [1.165, 1.54) is 29.2 Å². The molecule has 34 heavy (non-hydrogen) atoms. The average Bonchev–Trinajstić information content (AvgIpc) is 2.91. The standard InChI is InChI=1S/C32H32Si2/c1-4-18-28(19-5-1)33-32(25-13-17-27-16-12-15-26-14-10-11-24-31(26)27)34(29-20-6-2-7-21-29)30-22-8-3-9-23-30/h1-12,14-16,18-24,32,34H,13,17,25,33H2. The van der Waals surface area contributed by atoms with Gasteiger partial charge in [-0.2, -0.15) is 0 Å². The second kappa shape index (κ2) is 11.3. The Morgan fingerprint density at radius 3 is 1.79 bits per heavy atom. The van der Waals surface area contributed by atoms with Crippen LogP contribution in [0.25, 0.3) is 10.8 Å². The molecule has 0 saturated heterocycles. The first kappa shape index (κ1) is 22.6. The topological polar surface area (TPSA) is 0 Å². The van der Waals surface area contributed by atoms with Gasteiger partial charge in [0, 0.05) is 0 Å². The van der Waals surface area contributed by atoms with Gasteiger partial charge in [-0.3, -0.25) is 0 Å². The first-order chi connectivity index (χ1) is 16.9. The Hall–Kier alpha value is -3.21. The van der Waals surface area contributed by atoms with Gasteiger partial charge < -0.3 is 0 Å². The Balaban J connectivity index is 1.44. The van der Waals surface area contributed by atoms with Crippen molar-refractivity contribution in [3.8, 4) is 0 Å². The highest BCUT2D eigenvalue weighted by molar-refractivity contribution is 6.93. The highest BCUT2D eigenvalue weighted by Crippen LogP contribution is 2.23. The second-order valence-electron chi connectivity index (χ2n) is 9.28. The molecule has 0 aliphatic heterocycles. The quantitative estimate of drug-likeness (QED) is 0.264. The fourth-order valence-corrected chi connectivity index (χ4v) is 13.8. The fraction of sp³-hybridized carbons (Fsp3) is 0.125. The summed E-state index contributed by atoms with van der Waals surface area (Å²) in [6.45, 7) is 0. The molecule has 0 aromatic heterocycles. The van der Waals surface area contributed by atoms with Crippen molar-refractivity contribution < 1.29 is 0 Å². The van der Waals surface area contributed by atoms with Crippen LogP contribution >= 0.6 is 0 Å². The molecule has 168 valence electrons. The van der Waals surface area contributed by atoms with E-state index in [1.807, 2.05) is 0 Å². The van der Waals surface area contributed by atoms with Crippen LogP contribution in [0.1, 0.15) is 18.4 Å². The van der Waals surface area contributed by atoms with Gasteiger partial charge in [0.25, 0.3) is 0 Å². The Labute approximate surface area is 207 Å². The maximum atomic E-state index is 2.39. The molecular formula is C32H32Si2. The SMILES string of the molecule is c1ccc([SiH2]C(CCCc2cccc3ccccc23)[SiH](c2ccccc2)c2ccccc2)cc1. The molecule has 0 N–H and O–H groups in total. The van der Waals surface area contributed by atoms with Gasteiger partial charge in [0.05, 0.1) is 9.52 Å². The van der Waals surface area contributed by atoms with Crippen molar-refractivity contribution in [1.82, 2.24) is 0 Å². The first-order valence-electron chi connectivity index (χ1n) is 12.5. The highest BCUT2D eigenvalue weighted by atomic mass is 28.3. The molecule has 5 aromatic carbocycles. The van der Waals surface area contributed by atoms with Gasteiger partial charge in [0.15, 0.2) is 0 Å². The van der Waals surface area contributed by atoms with Gasteiger partial charge in [0.1, 0.15) is 8.80 Å². The molecule has 0 aliphatic rings. The van der Waals surface area contributed by atoms with Crippen molar-refractivity contribution in [2.75, 3.05) is 0 Å². The largest absolute Gasteiger partial charge is 0.103 e. The Kier molecular flexibility index (Phi) is 7.49. The average molecular weight is 473 g/mol. The monoisotopic (exact) mass is 472 g/mol. The lowest BCUT2D eigenvalue weighted by Gasteiger charge is -2.27. The third kappa shape index (κ3) is 5.47. The summed E-state index contributed by atoms with van der Waals surface area (Å²) in [4.78, 5) is 0. The summed E-state index contributed by atoms with van der Waals surface area (Å²) < 4.78 is 0. The molecule has 0 bridgehead atoms. The Morgan fingerprint density at radius 2 is 1.12 bits per heavy atom. The van der Waals surface area contributed by atoms with Gasteiger partial charge >= 0.3 is 0 Å². The molecule has 0 aliphatic carbocycles. The van der Waals surface area contributed by atoms with E-state index in [0.717, 1.165) is 11.6 Å². The van der Waals surface area contributed by atoms with Gasteiger partial charge in [-0.05, 0) is 34.3 Å². The van der Waals surface area contributed by atoms with Crippen LogP contribution in [0.4, 0.5) is 0 Å². The number of fused-ring (bicyclic) bond motifs is 1. The molecule has 0 fully saturated rings. The van der Waals surface area contributed by atoms with E-state index in [9.17, 15) is 0 Å². The number of benzene rings is 5. The highest BCUT2D eigenvalue weighted by Gasteiger charge is 2.27. The molecule has 0 amide bonds. The van der Waals surface area contributed by atoms with Gasteiger partial charge in [-0.25, -0.2) is 0 Å². The summed E-state index contributed by atoms with van der Waals surface area (Å²) in [6, 6.07) is 49.7. The van der Waals surface area contributed by atoms with Crippen LogP contribution in [0.5, 0.6) is 0 Å². The molecule has 0 saturated carbocycles. The Bertz CT molecular complexity index is 1260. The lowest BCUT2D eigenvalue weighted by molar-refractivity contribution is 0.769. The molecule has 2 heteroatoms. The smallest absolute Gasteiger partial charge is 0.0669 e. The van der Waals surface area contributed by atoms with Gasteiger partial charge in [-0.15, -0.1) is 0 Å². The molecule has 1 unspecified atom stereocenters. The van der Waals surface area contributed by atoms with E-state index in [-0.39, 0.29) is 0 Å². The van der Waals surface area contributed by atoms with E-state index in [0.29, 0.717) is 0 Å². The predicted molar refractivity (Wildman–Crippen MR) is 155 cm³/mol. The number of aryl methyl sites for hydroxylation is 1. The summed E-state index contributed by atoms with van der Waals surface area (Å²) in [7, 11) is -1.76. The molecule has 5 aromatic rings. The Morgan fingerprint density at radius 1 is 0.559 bits per heavy atom. The zero-order valence-electron chi connectivity index (χ0n) is 19.7.